The van der Waals surface area contributed by atoms with E-state index in [0.717, 1.165) is 6.54 Å². The van der Waals surface area contributed by atoms with Gasteiger partial charge in [0.25, 0.3) is 5.91 Å². The second kappa shape index (κ2) is 5.94. The lowest BCUT2D eigenvalue weighted by Crippen LogP contribution is -2.55. The van der Waals surface area contributed by atoms with Gasteiger partial charge in [-0.3, -0.25) is 4.79 Å². The summed E-state index contributed by atoms with van der Waals surface area (Å²) >= 11 is 0. The van der Waals surface area contributed by atoms with E-state index in [1.807, 2.05) is 24.3 Å². The van der Waals surface area contributed by atoms with E-state index in [9.17, 15) is 9.90 Å². The maximum absolute atomic E-state index is 12.5. The maximum Gasteiger partial charge on any atom is 0.254 e. The summed E-state index contributed by atoms with van der Waals surface area (Å²) < 4.78 is 0. The average Bonchev–Trinajstić information content (AvgIpc) is 2.45. The highest BCUT2D eigenvalue weighted by molar-refractivity contribution is 5.94. The molecule has 2 rings (SSSR count). The molecule has 0 bridgehead atoms. The Morgan fingerprint density at radius 2 is 2.00 bits per heavy atom. The summed E-state index contributed by atoms with van der Waals surface area (Å²) in [7, 11) is 0. The lowest BCUT2D eigenvalue weighted by molar-refractivity contribution is 0.0536. The lowest BCUT2D eigenvalue weighted by Gasteiger charge is -2.35. The van der Waals surface area contributed by atoms with Crippen molar-refractivity contribution in [3.8, 4) is 0 Å². The number of nitrogens with zero attached hydrogens (tertiary/aromatic N) is 1. The minimum absolute atomic E-state index is 0.00118. The number of hydrogen-bond donors (Lipinski definition) is 2. The molecule has 110 valence electrons. The van der Waals surface area contributed by atoms with E-state index < -0.39 is 0 Å². The van der Waals surface area contributed by atoms with Crippen molar-refractivity contribution in [1.82, 2.24) is 10.2 Å². The normalized spacial score (nSPS) is 20.0. The predicted octanol–water partition coefficient (Wildman–Crippen LogP) is 1.39. The number of hydrogen-bond acceptors (Lipinski definition) is 3. The van der Waals surface area contributed by atoms with Gasteiger partial charge in [-0.2, -0.15) is 0 Å². The van der Waals surface area contributed by atoms with Gasteiger partial charge in [0, 0.05) is 25.2 Å². The van der Waals surface area contributed by atoms with Crippen molar-refractivity contribution in [2.75, 3.05) is 26.2 Å². The van der Waals surface area contributed by atoms with E-state index in [0.29, 0.717) is 18.7 Å². The number of amides is 1. The van der Waals surface area contributed by atoms with Crippen molar-refractivity contribution < 1.29 is 9.90 Å². The van der Waals surface area contributed by atoms with Crippen molar-refractivity contribution in [3.63, 3.8) is 0 Å². The van der Waals surface area contributed by atoms with Crippen LogP contribution >= 0.6 is 0 Å². The van der Waals surface area contributed by atoms with Crippen LogP contribution in [0.15, 0.2) is 24.3 Å². The maximum atomic E-state index is 12.5. The van der Waals surface area contributed by atoms with Gasteiger partial charge in [0.15, 0.2) is 0 Å². The fraction of sp³-hybridized carbons (Fsp3) is 0.562. The second-order valence-corrected chi connectivity index (χ2v) is 6.37. The summed E-state index contributed by atoms with van der Waals surface area (Å²) in [6, 6.07) is 7.68. The monoisotopic (exact) mass is 276 g/mol. The minimum atomic E-state index is -0.126. The molecule has 1 aromatic rings. The van der Waals surface area contributed by atoms with E-state index >= 15 is 0 Å². The minimum Gasteiger partial charge on any atom is -0.394 e. The summed E-state index contributed by atoms with van der Waals surface area (Å²) in [5.74, 6) is 0.00556. The molecule has 1 unspecified atom stereocenters. The molecule has 0 aliphatic carbocycles. The van der Waals surface area contributed by atoms with Gasteiger partial charge < -0.3 is 15.3 Å². The third-order valence-electron chi connectivity index (χ3n) is 3.82. The Balaban J connectivity index is 2.16. The molecule has 1 aliphatic rings. The Morgan fingerprint density at radius 3 is 2.55 bits per heavy atom. The zero-order chi connectivity index (χ0) is 14.8. The molecule has 1 saturated heterocycles. The number of aliphatic hydroxyl groups excluding tert-OH is 1. The van der Waals surface area contributed by atoms with Gasteiger partial charge in [-0.25, -0.2) is 0 Å². The van der Waals surface area contributed by atoms with Gasteiger partial charge in [-0.15, -0.1) is 0 Å². The average molecular weight is 276 g/mol. The van der Waals surface area contributed by atoms with Crippen molar-refractivity contribution in [2.45, 2.75) is 32.2 Å². The highest BCUT2D eigenvalue weighted by atomic mass is 16.3. The summed E-state index contributed by atoms with van der Waals surface area (Å²) in [6.45, 7) is 8.54. The Labute approximate surface area is 120 Å². The number of benzene rings is 1. The fourth-order valence-corrected chi connectivity index (χ4v) is 2.47. The predicted molar refractivity (Wildman–Crippen MR) is 79.9 cm³/mol. The largest absolute Gasteiger partial charge is 0.394 e. The van der Waals surface area contributed by atoms with Gasteiger partial charge in [0.1, 0.15) is 0 Å². The van der Waals surface area contributed by atoms with Crippen LogP contribution in [0, 0.1) is 0 Å². The Morgan fingerprint density at radius 1 is 1.35 bits per heavy atom. The lowest BCUT2D eigenvalue weighted by atomic mass is 9.86. The number of piperazine rings is 1. The van der Waals surface area contributed by atoms with Crippen LogP contribution in [0.2, 0.25) is 0 Å². The summed E-state index contributed by atoms with van der Waals surface area (Å²) in [6.07, 6.45) is 0. The molecule has 1 aliphatic heterocycles. The number of carbonyl (C=O) groups is 1. The topological polar surface area (TPSA) is 52.6 Å². The van der Waals surface area contributed by atoms with E-state index in [2.05, 4.69) is 26.1 Å². The van der Waals surface area contributed by atoms with Crippen molar-refractivity contribution in [1.29, 1.82) is 0 Å². The van der Waals surface area contributed by atoms with Crippen LogP contribution in [0.1, 0.15) is 36.7 Å². The molecular weight excluding hydrogens is 252 g/mol. The van der Waals surface area contributed by atoms with Crippen LogP contribution < -0.4 is 5.32 Å². The van der Waals surface area contributed by atoms with Gasteiger partial charge in [-0.05, 0) is 23.1 Å². The Kier molecular flexibility index (Phi) is 4.45. The number of nitrogens with one attached hydrogen (secondary N) is 1. The number of rotatable bonds is 2. The Bertz CT molecular complexity index is 462. The molecule has 0 aromatic heterocycles. The van der Waals surface area contributed by atoms with Crippen LogP contribution in [-0.2, 0) is 5.41 Å². The smallest absolute Gasteiger partial charge is 0.254 e. The second-order valence-electron chi connectivity index (χ2n) is 6.37. The molecule has 0 saturated carbocycles. The SMILES string of the molecule is CC(C)(C)c1ccc(C(=O)N2CCNCC2CO)cc1. The highest BCUT2D eigenvalue weighted by Crippen LogP contribution is 2.22. The molecule has 1 heterocycles. The summed E-state index contributed by atoms with van der Waals surface area (Å²) in [5, 5.41) is 12.6. The third kappa shape index (κ3) is 3.19. The third-order valence-corrected chi connectivity index (χ3v) is 3.82. The number of carbonyl (C=O) groups excluding carboxylic acids is 1. The first kappa shape index (κ1) is 15.0. The van der Waals surface area contributed by atoms with E-state index in [-0.39, 0.29) is 24.0 Å². The first-order valence-electron chi connectivity index (χ1n) is 7.16. The molecule has 2 N–H and O–H groups in total. The van der Waals surface area contributed by atoms with Crippen LogP contribution in [0.3, 0.4) is 0 Å². The molecular formula is C16H24N2O2. The van der Waals surface area contributed by atoms with Gasteiger partial charge in [0.05, 0.1) is 12.6 Å². The first-order valence-corrected chi connectivity index (χ1v) is 7.16. The quantitative estimate of drug-likeness (QED) is 0.858. The van der Waals surface area contributed by atoms with Crippen molar-refractivity contribution >= 4 is 5.91 Å². The van der Waals surface area contributed by atoms with E-state index in [1.54, 1.807) is 4.90 Å². The van der Waals surface area contributed by atoms with Crippen LogP contribution in [0.5, 0.6) is 0 Å². The first-order chi connectivity index (χ1) is 9.43. The van der Waals surface area contributed by atoms with Crippen LogP contribution in [0.4, 0.5) is 0 Å². The van der Waals surface area contributed by atoms with Crippen LogP contribution in [0.25, 0.3) is 0 Å². The van der Waals surface area contributed by atoms with E-state index in [1.165, 1.54) is 5.56 Å². The fourth-order valence-electron chi connectivity index (χ4n) is 2.47. The number of aliphatic hydroxyl groups is 1. The molecule has 1 amide bonds. The van der Waals surface area contributed by atoms with Crippen molar-refractivity contribution in [2.24, 2.45) is 0 Å². The summed E-state index contributed by atoms with van der Waals surface area (Å²) in [4.78, 5) is 14.3. The van der Waals surface area contributed by atoms with Gasteiger partial charge >= 0.3 is 0 Å². The molecule has 1 fully saturated rings. The standard InChI is InChI=1S/C16H24N2O2/c1-16(2,3)13-6-4-12(5-7-13)15(20)18-9-8-17-10-14(18)11-19/h4-7,14,17,19H,8-11H2,1-3H3. The van der Waals surface area contributed by atoms with Crippen molar-refractivity contribution in [3.05, 3.63) is 35.4 Å². The summed E-state index contributed by atoms with van der Waals surface area (Å²) in [5.41, 5.74) is 2.00. The zero-order valence-corrected chi connectivity index (χ0v) is 12.5. The Hall–Kier alpha value is -1.39. The molecule has 4 heteroatoms. The van der Waals surface area contributed by atoms with Gasteiger partial charge in [0.2, 0.25) is 0 Å². The molecule has 0 radical (unpaired) electrons. The zero-order valence-electron chi connectivity index (χ0n) is 12.5. The molecule has 1 aromatic carbocycles. The molecule has 0 spiro atoms. The molecule has 4 nitrogen and oxygen atoms in total. The highest BCUT2D eigenvalue weighted by Gasteiger charge is 2.26. The van der Waals surface area contributed by atoms with E-state index in [4.69, 9.17) is 0 Å². The van der Waals surface area contributed by atoms with Gasteiger partial charge in [-0.1, -0.05) is 32.9 Å². The van der Waals surface area contributed by atoms with Crippen LogP contribution in [-0.4, -0.2) is 48.2 Å². The molecule has 1 atom stereocenters. The molecule has 20 heavy (non-hydrogen) atoms.